The molecule has 3 aromatic heterocycles. The van der Waals surface area contributed by atoms with Gasteiger partial charge in [-0.3, -0.25) is 9.58 Å². The van der Waals surface area contributed by atoms with E-state index < -0.39 is 9.84 Å². The molecule has 0 amide bonds. The summed E-state index contributed by atoms with van der Waals surface area (Å²) < 4.78 is 45.1. The first-order chi connectivity index (χ1) is 23.7. The number of benzene rings is 1. The van der Waals surface area contributed by atoms with Gasteiger partial charge in [-0.15, -0.1) is 10.2 Å². The molecule has 3 fully saturated rings. The highest BCUT2D eigenvalue weighted by molar-refractivity contribution is 7.90. The van der Waals surface area contributed by atoms with Crippen LogP contribution in [0.5, 0.6) is 11.6 Å². The van der Waals surface area contributed by atoms with Gasteiger partial charge in [0.2, 0.25) is 5.95 Å². The zero-order valence-electron chi connectivity index (χ0n) is 27.6. The van der Waals surface area contributed by atoms with Crippen LogP contribution in [0, 0.1) is 0 Å². The number of nitrogens with zero attached hydrogens (tertiary/aromatic N) is 9. The van der Waals surface area contributed by atoms with E-state index in [1.165, 1.54) is 25.4 Å². The summed E-state index contributed by atoms with van der Waals surface area (Å²) in [6.07, 6.45) is 12.7. The molecule has 1 N–H and O–H groups in total. The standard InChI is InChI=1S/C32H41ClN10O5S/c1-21(16-41-20-35-39-40-41)48-30-15-22(3-10-27(30)33)28-11-12-34-32(36-28)37-29-17-42(38-31(29)47-13-14-49(2,44)45)23-4-6-24(7-5-23)43-25-8-9-26(43)19-46-18-25/h3,10-12,15,17,20-21,23-26H,4-9,13-14,16,18-19H2,1-2H3,(H,34,36,37)/t21-,23?,24?,25-,26+/m0/s1. The number of aromatic nitrogens is 8. The topological polar surface area (TPSA) is 164 Å². The molecule has 0 radical (unpaired) electrons. The van der Waals surface area contributed by atoms with Gasteiger partial charge in [-0.1, -0.05) is 17.7 Å². The number of fused-ring (bicyclic) bond motifs is 2. The van der Waals surface area contributed by atoms with Crippen molar-refractivity contribution in [2.75, 3.05) is 37.1 Å². The van der Waals surface area contributed by atoms with Gasteiger partial charge in [0.05, 0.1) is 48.5 Å². The number of ether oxygens (including phenoxy) is 3. The first kappa shape index (κ1) is 33.6. The van der Waals surface area contributed by atoms with Crippen molar-refractivity contribution in [2.24, 2.45) is 0 Å². The maximum atomic E-state index is 11.8. The third-order valence-corrected chi connectivity index (χ3v) is 10.7. The Morgan fingerprint density at radius 2 is 1.82 bits per heavy atom. The van der Waals surface area contributed by atoms with Crippen LogP contribution >= 0.6 is 11.6 Å². The fraction of sp³-hybridized carbons (Fsp3) is 0.562. The van der Waals surface area contributed by atoms with Gasteiger partial charge in [-0.25, -0.2) is 23.1 Å². The average Bonchev–Trinajstić information content (AvgIpc) is 3.80. The molecule has 7 rings (SSSR count). The molecule has 49 heavy (non-hydrogen) atoms. The smallest absolute Gasteiger partial charge is 0.256 e. The zero-order valence-corrected chi connectivity index (χ0v) is 29.1. The summed E-state index contributed by atoms with van der Waals surface area (Å²) >= 11 is 6.48. The normalized spacial score (nSPS) is 23.3. The van der Waals surface area contributed by atoms with Crippen molar-refractivity contribution in [3.05, 3.63) is 48.0 Å². The van der Waals surface area contributed by atoms with Crippen LogP contribution in [0.25, 0.3) is 11.3 Å². The van der Waals surface area contributed by atoms with Gasteiger partial charge in [-0.2, -0.15) is 0 Å². The number of morpholine rings is 1. The summed E-state index contributed by atoms with van der Waals surface area (Å²) in [6.45, 7) is 4.03. The SMILES string of the molecule is C[C@@H](Cn1cnnn1)Oc1cc(-c2ccnc(Nc3cn(C4CCC(N5[C@@H]6CC[C@H]5COC6)CC4)nc3OCCS(C)(=O)=O)n2)ccc1Cl. The van der Waals surface area contributed by atoms with Crippen LogP contribution in [0.15, 0.2) is 43.0 Å². The lowest BCUT2D eigenvalue weighted by molar-refractivity contribution is -0.0458. The molecule has 0 unspecified atom stereocenters. The molecule has 3 aliphatic rings. The van der Waals surface area contributed by atoms with Crippen molar-refractivity contribution in [2.45, 2.75) is 82.3 Å². The molecule has 17 heteroatoms. The predicted molar refractivity (Wildman–Crippen MR) is 182 cm³/mol. The Morgan fingerprint density at radius 1 is 1.06 bits per heavy atom. The van der Waals surface area contributed by atoms with Gasteiger partial charge in [-0.05, 0) is 74.1 Å². The number of tetrazole rings is 1. The summed E-state index contributed by atoms with van der Waals surface area (Å²) in [5.74, 6) is 1.03. The summed E-state index contributed by atoms with van der Waals surface area (Å²) in [5.41, 5.74) is 2.00. The molecule has 2 bridgehead atoms. The average molecular weight is 713 g/mol. The fourth-order valence-corrected chi connectivity index (χ4v) is 7.70. The Morgan fingerprint density at radius 3 is 2.55 bits per heavy atom. The number of hydrogen-bond donors (Lipinski definition) is 1. The van der Waals surface area contributed by atoms with Crippen molar-refractivity contribution >= 4 is 33.1 Å². The molecular formula is C32H41ClN10O5S. The molecule has 1 aromatic carbocycles. The summed E-state index contributed by atoms with van der Waals surface area (Å²) in [6, 6.07) is 9.13. The molecule has 2 aliphatic heterocycles. The Balaban J connectivity index is 1.06. The monoisotopic (exact) mass is 712 g/mol. The van der Waals surface area contributed by atoms with E-state index in [-0.39, 0.29) is 24.5 Å². The van der Waals surface area contributed by atoms with E-state index in [4.69, 9.17) is 35.9 Å². The minimum absolute atomic E-state index is 0.0165. The number of hydrogen-bond acceptors (Lipinski definition) is 13. The van der Waals surface area contributed by atoms with Crippen molar-refractivity contribution in [1.82, 2.24) is 44.9 Å². The van der Waals surface area contributed by atoms with Crippen molar-refractivity contribution in [1.29, 1.82) is 0 Å². The first-order valence-corrected chi connectivity index (χ1v) is 19.1. The minimum atomic E-state index is -3.21. The predicted octanol–water partition coefficient (Wildman–Crippen LogP) is 3.96. The number of halogens is 1. The van der Waals surface area contributed by atoms with Crippen molar-refractivity contribution in [3.8, 4) is 22.9 Å². The van der Waals surface area contributed by atoms with Crippen LogP contribution in [-0.2, 0) is 21.1 Å². The van der Waals surface area contributed by atoms with Gasteiger partial charge in [0.15, 0.2) is 9.84 Å². The largest absolute Gasteiger partial charge is 0.487 e. The van der Waals surface area contributed by atoms with E-state index in [1.807, 2.05) is 29.9 Å². The molecule has 1 saturated carbocycles. The summed E-state index contributed by atoms with van der Waals surface area (Å²) in [7, 11) is -3.21. The quantitative estimate of drug-likeness (QED) is 0.212. The molecule has 15 nitrogen and oxygen atoms in total. The third-order valence-electron chi connectivity index (χ3n) is 9.44. The lowest BCUT2D eigenvalue weighted by Crippen LogP contribution is -2.52. The van der Waals surface area contributed by atoms with Crippen LogP contribution in [0.4, 0.5) is 11.6 Å². The van der Waals surface area contributed by atoms with E-state index in [9.17, 15) is 8.42 Å². The van der Waals surface area contributed by atoms with Crippen LogP contribution < -0.4 is 14.8 Å². The molecule has 2 saturated heterocycles. The van der Waals surface area contributed by atoms with Gasteiger partial charge in [0.25, 0.3) is 5.88 Å². The Kier molecular flexibility index (Phi) is 9.99. The van der Waals surface area contributed by atoms with Gasteiger partial charge >= 0.3 is 0 Å². The highest BCUT2D eigenvalue weighted by Crippen LogP contribution is 2.39. The van der Waals surface area contributed by atoms with Crippen LogP contribution in [0.2, 0.25) is 5.02 Å². The Hall–Kier alpha value is -3.86. The van der Waals surface area contributed by atoms with E-state index in [2.05, 4.69) is 30.7 Å². The maximum absolute atomic E-state index is 11.8. The lowest BCUT2D eigenvalue weighted by Gasteiger charge is -2.43. The summed E-state index contributed by atoms with van der Waals surface area (Å²) in [4.78, 5) is 11.9. The zero-order chi connectivity index (χ0) is 34.0. The molecule has 0 spiro atoms. The van der Waals surface area contributed by atoms with Crippen molar-refractivity contribution in [3.63, 3.8) is 0 Å². The number of anilines is 2. The van der Waals surface area contributed by atoms with Gasteiger partial charge < -0.3 is 19.5 Å². The van der Waals surface area contributed by atoms with E-state index in [0.717, 1.165) is 44.5 Å². The van der Waals surface area contributed by atoms with E-state index in [0.29, 0.717) is 58.7 Å². The third kappa shape index (κ3) is 8.14. The molecule has 3 atom stereocenters. The summed E-state index contributed by atoms with van der Waals surface area (Å²) in [5, 5.41) is 19.7. The minimum Gasteiger partial charge on any atom is -0.487 e. The van der Waals surface area contributed by atoms with Crippen LogP contribution in [-0.4, -0.2) is 109 Å². The van der Waals surface area contributed by atoms with Crippen molar-refractivity contribution < 1.29 is 22.6 Å². The molecular weight excluding hydrogens is 672 g/mol. The molecule has 1 aliphatic carbocycles. The second kappa shape index (κ2) is 14.5. The van der Waals surface area contributed by atoms with E-state index >= 15 is 0 Å². The second-order valence-electron chi connectivity index (χ2n) is 13.1. The Bertz CT molecular complexity index is 1820. The number of nitrogens with one attached hydrogen (secondary N) is 1. The highest BCUT2D eigenvalue weighted by atomic mass is 35.5. The van der Waals surface area contributed by atoms with Gasteiger partial charge in [0.1, 0.15) is 30.5 Å². The lowest BCUT2D eigenvalue weighted by atomic mass is 9.89. The Labute approximate surface area is 290 Å². The highest BCUT2D eigenvalue weighted by Gasteiger charge is 2.42. The molecule has 4 aromatic rings. The maximum Gasteiger partial charge on any atom is 0.256 e. The second-order valence-corrected chi connectivity index (χ2v) is 15.8. The molecule has 262 valence electrons. The van der Waals surface area contributed by atoms with E-state index in [1.54, 1.807) is 23.0 Å². The van der Waals surface area contributed by atoms with Gasteiger partial charge in [0, 0.05) is 36.1 Å². The number of rotatable bonds is 13. The van der Waals surface area contributed by atoms with Crippen LogP contribution in [0.1, 0.15) is 51.5 Å². The van der Waals surface area contributed by atoms with Crippen LogP contribution in [0.3, 0.4) is 0 Å². The fourth-order valence-electron chi connectivity index (χ4n) is 7.16. The number of sulfone groups is 1. The first-order valence-electron chi connectivity index (χ1n) is 16.7. The molecule has 5 heterocycles.